The Bertz CT molecular complexity index is 641. The molecule has 20 heavy (non-hydrogen) atoms. The molecule has 0 atom stereocenters. The van der Waals surface area contributed by atoms with Gasteiger partial charge in [-0.05, 0) is 56.5 Å². The summed E-state index contributed by atoms with van der Waals surface area (Å²) in [5.41, 5.74) is 7.68. The van der Waals surface area contributed by atoms with E-state index in [0.717, 1.165) is 5.56 Å². The molecule has 0 bridgehead atoms. The summed E-state index contributed by atoms with van der Waals surface area (Å²) in [6.45, 7) is 0. The number of amides is 1. The van der Waals surface area contributed by atoms with Crippen molar-refractivity contribution < 1.29 is 10.0 Å². The minimum atomic E-state index is -0.0966. The number of benzene rings is 1. The molecule has 7 heteroatoms. The standard InChI is InChI=1S/C13H12BrN3O2S/c14-10-6-9(13(15)17-19)1-2-11(10)16-12(18)5-8-3-4-20-7-8/h1-4,6-7,19H,5H2,(H2,15,17)(H,16,18). The molecule has 2 rings (SSSR count). The number of nitrogens with two attached hydrogens (primary N) is 1. The molecule has 0 aliphatic heterocycles. The molecule has 0 fully saturated rings. The summed E-state index contributed by atoms with van der Waals surface area (Å²) in [6.07, 6.45) is 0.331. The molecule has 0 saturated carbocycles. The Morgan fingerprint density at radius 1 is 1.45 bits per heavy atom. The third-order valence-electron chi connectivity index (χ3n) is 2.59. The van der Waals surface area contributed by atoms with Gasteiger partial charge in [0.2, 0.25) is 5.91 Å². The highest BCUT2D eigenvalue weighted by Gasteiger charge is 2.09. The number of oxime groups is 1. The molecular formula is C13H12BrN3O2S. The SMILES string of the molecule is N/C(=N/O)c1ccc(NC(=O)Cc2ccsc2)c(Br)c1. The minimum Gasteiger partial charge on any atom is -0.409 e. The van der Waals surface area contributed by atoms with Crippen molar-refractivity contribution in [2.45, 2.75) is 6.42 Å². The fraction of sp³-hybridized carbons (Fsp3) is 0.0769. The highest BCUT2D eigenvalue weighted by Crippen LogP contribution is 2.24. The molecule has 1 heterocycles. The predicted octanol–water partition coefficient (Wildman–Crippen LogP) is 2.79. The largest absolute Gasteiger partial charge is 0.409 e. The van der Waals surface area contributed by atoms with Gasteiger partial charge in [0.25, 0.3) is 0 Å². The lowest BCUT2D eigenvalue weighted by molar-refractivity contribution is -0.115. The molecule has 0 radical (unpaired) electrons. The Hall–Kier alpha value is -1.86. The molecule has 0 unspecified atom stereocenters. The molecule has 1 aromatic carbocycles. The second-order valence-corrected chi connectivity index (χ2v) is 5.67. The molecule has 104 valence electrons. The van der Waals surface area contributed by atoms with E-state index in [0.29, 0.717) is 22.1 Å². The molecule has 5 nitrogen and oxygen atoms in total. The quantitative estimate of drug-likeness (QED) is 0.341. The minimum absolute atomic E-state index is 0.0156. The van der Waals surface area contributed by atoms with E-state index in [-0.39, 0.29) is 11.7 Å². The van der Waals surface area contributed by atoms with Gasteiger partial charge in [-0.25, -0.2) is 0 Å². The molecule has 0 spiro atoms. The molecule has 1 amide bonds. The number of hydrogen-bond donors (Lipinski definition) is 3. The monoisotopic (exact) mass is 353 g/mol. The highest BCUT2D eigenvalue weighted by atomic mass is 79.9. The number of halogens is 1. The fourth-order valence-corrected chi connectivity index (χ4v) is 2.75. The predicted molar refractivity (Wildman–Crippen MR) is 83.3 cm³/mol. The Labute approximate surface area is 128 Å². The summed E-state index contributed by atoms with van der Waals surface area (Å²) in [5, 5.41) is 18.2. The van der Waals surface area contributed by atoms with E-state index < -0.39 is 0 Å². The van der Waals surface area contributed by atoms with E-state index in [1.807, 2.05) is 16.8 Å². The maximum Gasteiger partial charge on any atom is 0.228 e. The van der Waals surface area contributed by atoms with Gasteiger partial charge in [-0.15, -0.1) is 0 Å². The van der Waals surface area contributed by atoms with Gasteiger partial charge in [-0.2, -0.15) is 11.3 Å². The van der Waals surface area contributed by atoms with E-state index in [1.165, 1.54) is 0 Å². The van der Waals surface area contributed by atoms with E-state index in [4.69, 9.17) is 10.9 Å². The van der Waals surface area contributed by atoms with Gasteiger partial charge in [0.1, 0.15) is 0 Å². The molecule has 0 saturated heterocycles. The van der Waals surface area contributed by atoms with Crippen LogP contribution in [0.3, 0.4) is 0 Å². The van der Waals surface area contributed by atoms with Crippen LogP contribution in [-0.2, 0) is 11.2 Å². The van der Waals surface area contributed by atoms with Gasteiger partial charge < -0.3 is 16.3 Å². The third-order valence-corrected chi connectivity index (χ3v) is 3.98. The second kappa shape index (κ2) is 6.53. The first kappa shape index (κ1) is 14.5. The zero-order valence-electron chi connectivity index (χ0n) is 10.3. The molecular weight excluding hydrogens is 342 g/mol. The van der Waals surface area contributed by atoms with Crippen LogP contribution >= 0.6 is 27.3 Å². The number of nitrogens with one attached hydrogen (secondary N) is 1. The van der Waals surface area contributed by atoms with E-state index in [1.54, 1.807) is 29.5 Å². The number of carbonyl (C=O) groups excluding carboxylic acids is 1. The van der Waals surface area contributed by atoms with Crippen LogP contribution in [0.2, 0.25) is 0 Å². The van der Waals surface area contributed by atoms with Crippen molar-refractivity contribution >= 4 is 44.7 Å². The normalized spacial score (nSPS) is 11.3. The third kappa shape index (κ3) is 3.58. The van der Waals surface area contributed by atoms with Gasteiger partial charge in [-0.3, -0.25) is 4.79 Å². The average molecular weight is 354 g/mol. The van der Waals surface area contributed by atoms with Crippen LogP contribution < -0.4 is 11.1 Å². The van der Waals surface area contributed by atoms with Crippen LogP contribution in [0.15, 0.2) is 44.7 Å². The van der Waals surface area contributed by atoms with Crippen molar-refractivity contribution in [3.63, 3.8) is 0 Å². The van der Waals surface area contributed by atoms with Crippen molar-refractivity contribution in [3.8, 4) is 0 Å². The number of rotatable bonds is 4. The van der Waals surface area contributed by atoms with Gasteiger partial charge in [0.15, 0.2) is 5.84 Å². The average Bonchev–Trinajstić information content (AvgIpc) is 2.93. The summed E-state index contributed by atoms with van der Waals surface area (Å²) in [7, 11) is 0. The zero-order valence-corrected chi connectivity index (χ0v) is 12.7. The lowest BCUT2D eigenvalue weighted by atomic mass is 10.2. The molecule has 4 N–H and O–H groups in total. The van der Waals surface area contributed by atoms with Crippen LogP contribution in [0.1, 0.15) is 11.1 Å². The smallest absolute Gasteiger partial charge is 0.228 e. The Morgan fingerprint density at radius 3 is 2.85 bits per heavy atom. The Balaban J connectivity index is 2.08. The van der Waals surface area contributed by atoms with Crippen LogP contribution in [-0.4, -0.2) is 17.0 Å². The number of anilines is 1. The number of carbonyl (C=O) groups is 1. The van der Waals surface area contributed by atoms with E-state index in [2.05, 4.69) is 26.4 Å². The maximum absolute atomic E-state index is 11.9. The summed E-state index contributed by atoms with van der Waals surface area (Å²) < 4.78 is 0.667. The topological polar surface area (TPSA) is 87.7 Å². The Kier molecular flexibility index (Phi) is 4.75. The highest BCUT2D eigenvalue weighted by molar-refractivity contribution is 9.10. The zero-order chi connectivity index (χ0) is 14.5. The summed E-state index contributed by atoms with van der Waals surface area (Å²) in [4.78, 5) is 11.9. The van der Waals surface area contributed by atoms with E-state index >= 15 is 0 Å². The number of amidine groups is 1. The van der Waals surface area contributed by atoms with Crippen LogP contribution in [0, 0.1) is 0 Å². The molecule has 1 aromatic heterocycles. The maximum atomic E-state index is 11.9. The number of hydrogen-bond acceptors (Lipinski definition) is 4. The Morgan fingerprint density at radius 2 is 2.25 bits per heavy atom. The fourth-order valence-electron chi connectivity index (χ4n) is 1.61. The van der Waals surface area contributed by atoms with Crippen LogP contribution in [0.25, 0.3) is 0 Å². The number of nitrogens with zero attached hydrogens (tertiary/aromatic N) is 1. The lowest BCUT2D eigenvalue weighted by Crippen LogP contribution is -2.16. The van der Waals surface area contributed by atoms with Crippen molar-refractivity contribution in [2.75, 3.05) is 5.32 Å². The number of thiophene rings is 1. The van der Waals surface area contributed by atoms with Crippen molar-refractivity contribution in [1.29, 1.82) is 0 Å². The lowest BCUT2D eigenvalue weighted by Gasteiger charge is -2.08. The summed E-state index contributed by atoms with van der Waals surface area (Å²) in [6, 6.07) is 6.96. The van der Waals surface area contributed by atoms with Crippen molar-refractivity contribution in [1.82, 2.24) is 0 Å². The van der Waals surface area contributed by atoms with Crippen LogP contribution in [0.4, 0.5) is 5.69 Å². The van der Waals surface area contributed by atoms with Crippen LogP contribution in [0.5, 0.6) is 0 Å². The molecule has 0 aliphatic carbocycles. The first-order valence-electron chi connectivity index (χ1n) is 5.68. The summed E-state index contributed by atoms with van der Waals surface area (Å²) >= 11 is 4.90. The van der Waals surface area contributed by atoms with Gasteiger partial charge in [-0.1, -0.05) is 5.16 Å². The van der Waals surface area contributed by atoms with Crippen molar-refractivity contribution in [3.05, 3.63) is 50.6 Å². The van der Waals surface area contributed by atoms with Gasteiger partial charge in [0, 0.05) is 10.0 Å². The molecule has 0 aliphatic rings. The van der Waals surface area contributed by atoms with Crippen molar-refractivity contribution in [2.24, 2.45) is 10.9 Å². The van der Waals surface area contributed by atoms with E-state index in [9.17, 15) is 4.79 Å². The molecule has 2 aromatic rings. The second-order valence-electron chi connectivity index (χ2n) is 4.04. The van der Waals surface area contributed by atoms with Gasteiger partial charge in [0.05, 0.1) is 12.1 Å². The first-order chi connectivity index (χ1) is 9.60. The van der Waals surface area contributed by atoms with Gasteiger partial charge >= 0.3 is 0 Å². The first-order valence-corrected chi connectivity index (χ1v) is 7.42. The summed E-state index contributed by atoms with van der Waals surface area (Å²) in [5.74, 6) is -0.0810.